The molecule has 2 aliphatic rings. The van der Waals surface area contributed by atoms with Gasteiger partial charge in [0.15, 0.2) is 0 Å². The first-order valence-corrected chi connectivity index (χ1v) is 4.31. The van der Waals surface area contributed by atoms with Crippen molar-refractivity contribution in [3.8, 4) is 0 Å². The summed E-state index contributed by atoms with van der Waals surface area (Å²) >= 11 is 0. The normalized spacial score (nSPS) is 38.5. The molecule has 2 N–H and O–H groups in total. The van der Waals surface area contributed by atoms with Gasteiger partial charge in [-0.1, -0.05) is 0 Å². The van der Waals surface area contributed by atoms with Gasteiger partial charge in [-0.2, -0.15) is 0 Å². The Morgan fingerprint density at radius 2 is 2.18 bits per heavy atom. The molecular formula is C8H14N2O. The molecule has 2 fully saturated rings. The van der Waals surface area contributed by atoms with Gasteiger partial charge in [-0.15, -0.1) is 0 Å². The monoisotopic (exact) mass is 154 g/mol. The van der Waals surface area contributed by atoms with Crippen molar-refractivity contribution >= 4 is 5.91 Å². The highest BCUT2D eigenvalue weighted by Crippen LogP contribution is 2.33. The Kier molecular flexibility index (Phi) is 1.60. The molecule has 2 rings (SSSR count). The number of carbonyl (C=O) groups excluding carboxylic acids is 1. The van der Waals surface area contributed by atoms with E-state index in [0.29, 0.717) is 12.0 Å². The first-order valence-electron chi connectivity index (χ1n) is 4.31. The first-order chi connectivity index (χ1) is 5.27. The highest BCUT2D eigenvalue weighted by molar-refractivity contribution is 5.83. The third-order valence-corrected chi connectivity index (χ3v) is 2.41. The zero-order chi connectivity index (χ0) is 7.84. The van der Waals surface area contributed by atoms with Gasteiger partial charge in [-0.25, -0.2) is 0 Å². The molecule has 0 radical (unpaired) electrons. The number of amides is 1. The Hall–Kier alpha value is -0.570. The van der Waals surface area contributed by atoms with Crippen LogP contribution in [-0.4, -0.2) is 24.5 Å². The van der Waals surface area contributed by atoms with E-state index >= 15 is 0 Å². The summed E-state index contributed by atoms with van der Waals surface area (Å²) in [6.07, 6.45) is 2.44. The van der Waals surface area contributed by atoms with Crippen molar-refractivity contribution in [3.63, 3.8) is 0 Å². The maximum atomic E-state index is 11.3. The molecule has 0 bridgehead atoms. The summed E-state index contributed by atoms with van der Waals surface area (Å²) in [5.41, 5.74) is 0. The summed E-state index contributed by atoms with van der Waals surface area (Å²) in [6, 6.07) is 0.420. The topological polar surface area (TPSA) is 41.1 Å². The lowest BCUT2D eigenvalue weighted by atomic mass is 10.1. The molecule has 62 valence electrons. The number of piperazine rings is 1. The number of carbonyl (C=O) groups is 1. The summed E-state index contributed by atoms with van der Waals surface area (Å²) < 4.78 is 0. The molecule has 3 heteroatoms. The van der Waals surface area contributed by atoms with Crippen LogP contribution in [0.25, 0.3) is 0 Å². The van der Waals surface area contributed by atoms with Crippen molar-refractivity contribution < 1.29 is 4.79 Å². The minimum absolute atomic E-state index is 0.117. The van der Waals surface area contributed by atoms with E-state index in [-0.39, 0.29) is 11.9 Å². The fourth-order valence-corrected chi connectivity index (χ4v) is 1.59. The van der Waals surface area contributed by atoms with Gasteiger partial charge < -0.3 is 10.6 Å². The molecule has 3 nitrogen and oxygen atoms in total. The molecule has 1 heterocycles. The third-order valence-electron chi connectivity index (χ3n) is 2.41. The van der Waals surface area contributed by atoms with Gasteiger partial charge in [-0.05, 0) is 25.7 Å². The minimum atomic E-state index is 0.117. The molecule has 2 atom stereocenters. The Morgan fingerprint density at radius 3 is 2.73 bits per heavy atom. The summed E-state index contributed by atoms with van der Waals surface area (Å²) in [4.78, 5) is 11.3. The molecule has 1 aliphatic carbocycles. The highest BCUT2D eigenvalue weighted by Gasteiger charge is 2.38. The first kappa shape index (κ1) is 7.10. The zero-order valence-corrected chi connectivity index (χ0v) is 6.76. The van der Waals surface area contributed by atoms with Gasteiger partial charge >= 0.3 is 0 Å². The number of hydrogen-bond acceptors (Lipinski definition) is 2. The molecule has 1 aliphatic heterocycles. The van der Waals surface area contributed by atoms with E-state index < -0.39 is 0 Å². The number of rotatable bonds is 1. The average Bonchev–Trinajstić information content (AvgIpc) is 2.70. The Bertz CT molecular complexity index is 177. The molecule has 0 aromatic rings. The van der Waals surface area contributed by atoms with Crippen LogP contribution in [0.5, 0.6) is 0 Å². The van der Waals surface area contributed by atoms with Crippen molar-refractivity contribution in [2.75, 3.05) is 6.54 Å². The van der Waals surface area contributed by atoms with E-state index in [1.165, 1.54) is 12.8 Å². The summed E-state index contributed by atoms with van der Waals surface area (Å²) in [7, 11) is 0. The molecule has 1 saturated heterocycles. The average molecular weight is 154 g/mol. The predicted octanol–water partition coefficient (Wildman–Crippen LogP) is -0.127. The smallest absolute Gasteiger partial charge is 0.237 e. The lowest BCUT2D eigenvalue weighted by molar-refractivity contribution is -0.125. The van der Waals surface area contributed by atoms with Crippen LogP contribution < -0.4 is 10.6 Å². The summed E-state index contributed by atoms with van der Waals surface area (Å²) in [5, 5.41) is 6.22. The zero-order valence-electron chi connectivity index (χ0n) is 6.76. The highest BCUT2D eigenvalue weighted by atomic mass is 16.2. The van der Waals surface area contributed by atoms with Gasteiger partial charge in [0, 0.05) is 12.6 Å². The SMILES string of the molecule is C[C@@H]1CN[C@H](C2CC2)C(=O)N1. The predicted molar refractivity (Wildman–Crippen MR) is 42.1 cm³/mol. The molecule has 0 aromatic carbocycles. The molecule has 1 saturated carbocycles. The van der Waals surface area contributed by atoms with E-state index in [9.17, 15) is 4.79 Å². The molecule has 0 spiro atoms. The van der Waals surface area contributed by atoms with Crippen LogP contribution >= 0.6 is 0 Å². The van der Waals surface area contributed by atoms with Crippen molar-refractivity contribution in [2.45, 2.75) is 31.8 Å². The largest absolute Gasteiger partial charge is 0.351 e. The van der Waals surface area contributed by atoms with Gasteiger partial charge in [0.2, 0.25) is 5.91 Å². The Labute approximate surface area is 66.5 Å². The molecular weight excluding hydrogens is 140 g/mol. The van der Waals surface area contributed by atoms with Crippen LogP contribution in [0.1, 0.15) is 19.8 Å². The second-order valence-corrected chi connectivity index (χ2v) is 3.63. The molecule has 0 unspecified atom stereocenters. The van der Waals surface area contributed by atoms with E-state index in [4.69, 9.17) is 0 Å². The second kappa shape index (κ2) is 2.48. The lowest BCUT2D eigenvalue weighted by Gasteiger charge is -2.28. The second-order valence-electron chi connectivity index (χ2n) is 3.63. The van der Waals surface area contributed by atoms with E-state index in [0.717, 1.165) is 6.54 Å². The minimum Gasteiger partial charge on any atom is -0.351 e. The van der Waals surface area contributed by atoms with Crippen LogP contribution in [0.2, 0.25) is 0 Å². The van der Waals surface area contributed by atoms with Crippen molar-refractivity contribution in [1.29, 1.82) is 0 Å². The summed E-state index contributed by atoms with van der Waals surface area (Å²) in [6.45, 7) is 2.95. The molecule has 0 aromatic heterocycles. The maximum Gasteiger partial charge on any atom is 0.237 e. The van der Waals surface area contributed by atoms with Crippen LogP contribution in [0.4, 0.5) is 0 Å². The van der Waals surface area contributed by atoms with Crippen molar-refractivity contribution in [1.82, 2.24) is 10.6 Å². The standard InChI is InChI=1S/C8H14N2O/c1-5-4-9-7(6-2-3-6)8(11)10-5/h5-7,9H,2-4H2,1H3,(H,10,11)/t5-,7-/m1/s1. The van der Waals surface area contributed by atoms with Gasteiger partial charge in [-0.3, -0.25) is 4.79 Å². The fraction of sp³-hybridized carbons (Fsp3) is 0.875. The van der Waals surface area contributed by atoms with Crippen molar-refractivity contribution in [3.05, 3.63) is 0 Å². The quantitative estimate of drug-likeness (QED) is 0.552. The third kappa shape index (κ3) is 1.38. The van der Waals surface area contributed by atoms with Gasteiger partial charge in [0.1, 0.15) is 0 Å². The van der Waals surface area contributed by atoms with Gasteiger partial charge in [0.25, 0.3) is 0 Å². The van der Waals surface area contributed by atoms with E-state index in [1.807, 2.05) is 6.92 Å². The van der Waals surface area contributed by atoms with Crippen LogP contribution in [-0.2, 0) is 4.79 Å². The van der Waals surface area contributed by atoms with E-state index in [1.54, 1.807) is 0 Å². The van der Waals surface area contributed by atoms with Crippen LogP contribution in [0.15, 0.2) is 0 Å². The van der Waals surface area contributed by atoms with Crippen LogP contribution in [0.3, 0.4) is 0 Å². The number of nitrogens with one attached hydrogen (secondary N) is 2. The van der Waals surface area contributed by atoms with Crippen molar-refractivity contribution in [2.24, 2.45) is 5.92 Å². The van der Waals surface area contributed by atoms with Crippen LogP contribution in [0, 0.1) is 5.92 Å². The fourth-order valence-electron chi connectivity index (χ4n) is 1.59. The maximum absolute atomic E-state index is 11.3. The molecule has 11 heavy (non-hydrogen) atoms. The Balaban J connectivity index is 1.95. The molecule has 1 amide bonds. The summed E-state index contributed by atoms with van der Waals surface area (Å²) in [5.74, 6) is 0.828. The lowest BCUT2D eigenvalue weighted by Crippen LogP contribution is -2.58. The number of hydrogen-bond donors (Lipinski definition) is 2. The van der Waals surface area contributed by atoms with Gasteiger partial charge in [0.05, 0.1) is 6.04 Å². The van der Waals surface area contributed by atoms with E-state index in [2.05, 4.69) is 10.6 Å². The Morgan fingerprint density at radius 1 is 1.45 bits per heavy atom.